The quantitative estimate of drug-likeness (QED) is 0.141. The Labute approximate surface area is 707 Å². The van der Waals surface area contributed by atoms with E-state index in [0.29, 0.717) is 0 Å². The molecule has 0 atom stereocenters. The van der Waals surface area contributed by atoms with E-state index >= 15 is 0 Å². The van der Waals surface area contributed by atoms with Crippen molar-refractivity contribution in [2.45, 2.75) is 157 Å². The second-order valence-corrected chi connectivity index (χ2v) is 40.6. The molecule has 6 heteroatoms. The number of hydrogen-bond acceptors (Lipinski definition) is 2. The lowest BCUT2D eigenvalue weighted by Crippen LogP contribution is -2.61. The van der Waals surface area contributed by atoms with E-state index in [4.69, 9.17) is 0 Å². The first-order valence-electron chi connectivity index (χ1n) is 43.3. The number of anilines is 6. The SMILES string of the molecule is CC(C)(C)c1cc(-c2ccccc2)c(N2c3cc(-n4c5ccc(C(C)(C)C)cc5c5cc(C(C)(C)C)ccc54)ccc3B3c4ccc(-n5c6ccc(C(C)(C)C)cc6c6cc(C(C)(C)C)ccc65)cc4N(c4c(-c5ccccc5)cc(C(C)(C)C)cc4-c4ccccc4)c4c3c2c2c3ccccc3n3c5ccccc5c4c23)c(-c2ccccc2)c1. The molecule has 19 aromatic rings. The standard InChI is InChI=1S/C114H104BN5/c1-109(2,3)73-47-55-95-87(59-73)88-60-74(110(4,5)6)48-56-96(88)116(95)79-51-53-91-99(67-79)119(104-83(69-35-23-19-24-36-69)63-77(113(13,14)15)64-84(104)70-37-25-20-26-38-70)107-101-81-43-31-33-45-93(81)118-94-46-34-32-44-82(94)102(106(101)118)108-103(107)115(91)92-54-52-80(117-97-57-49-75(111(7,8)9)61-89(97)90-62-76(112(10,11)12)50-58-98(90)117)68-100(92)120(108)105-85(71-39-27-21-28-40-71)65-78(114(16,17)18)66-86(105)72-41-29-22-30-42-72/h19-68H,1-18H3. The van der Waals surface area contributed by atoms with Gasteiger partial charge in [0.05, 0.1) is 61.4 Å². The largest absolute Gasteiger partial charge is 0.309 e. The van der Waals surface area contributed by atoms with Crippen LogP contribution in [-0.4, -0.2) is 20.2 Å². The predicted molar refractivity (Wildman–Crippen MR) is 518 cm³/mol. The smallest absolute Gasteiger partial charge is 0.252 e. The van der Waals surface area contributed by atoms with Crippen molar-refractivity contribution in [1.29, 1.82) is 0 Å². The Balaban J connectivity index is 1.00. The molecule has 120 heavy (non-hydrogen) atoms. The lowest BCUT2D eigenvalue weighted by atomic mass is 9.33. The molecule has 0 saturated carbocycles. The third-order valence-corrected chi connectivity index (χ3v) is 26.6. The maximum absolute atomic E-state index is 2.83. The van der Waals surface area contributed by atoms with Crippen LogP contribution in [0.5, 0.6) is 0 Å². The summed E-state index contributed by atoms with van der Waals surface area (Å²) in [6, 6.07) is 119. The first kappa shape index (κ1) is 74.9. The minimum absolute atomic E-state index is 0.0834. The fourth-order valence-corrected chi connectivity index (χ4v) is 20.2. The molecule has 0 amide bonds. The lowest BCUT2D eigenvalue weighted by Gasteiger charge is -2.46. The van der Waals surface area contributed by atoms with E-state index in [0.717, 1.165) is 78.6 Å². The van der Waals surface area contributed by atoms with E-state index in [1.165, 1.54) is 143 Å². The fourth-order valence-electron chi connectivity index (χ4n) is 20.2. The van der Waals surface area contributed by atoms with Gasteiger partial charge in [-0.15, -0.1) is 0 Å². The van der Waals surface area contributed by atoms with Crippen molar-refractivity contribution in [3.05, 3.63) is 337 Å². The van der Waals surface area contributed by atoms with Crippen LogP contribution < -0.4 is 26.2 Å². The van der Waals surface area contributed by atoms with E-state index in [-0.39, 0.29) is 39.2 Å². The highest BCUT2D eigenvalue weighted by Gasteiger charge is 2.49. The van der Waals surface area contributed by atoms with Crippen molar-refractivity contribution >= 4 is 139 Å². The van der Waals surface area contributed by atoms with E-state index in [9.17, 15) is 0 Å². The van der Waals surface area contributed by atoms with Gasteiger partial charge in [0.25, 0.3) is 6.71 Å². The number of aromatic nitrogens is 3. The van der Waals surface area contributed by atoms with Gasteiger partial charge in [-0.1, -0.05) is 319 Å². The van der Waals surface area contributed by atoms with Crippen LogP contribution in [-0.2, 0) is 32.5 Å². The van der Waals surface area contributed by atoms with Gasteiger partial charge in [0.15, 0.2) is 0 Å². The number of hydrogen-bond donors (Lipinski definition) is 0. The van der Waals surface area contributed by atoms with Gasteiger partial charge in [0.1, 0.15) is 0 Å². The number of para-hydroxylation sites is 2. The van der Waals surface area contributed by atoms with Crippen molar-refractivity contribution in [1.82, 2.24) is 13.5 Å². The lowest BCUT2D eigenvalue weighted by molar-refractivity contribution is 0.590. The Bertz CT molecular complexity index is 6730. The molecular weight excluding hydrogens is 1450 g/mol. The topological polar surface area (TPSA) is 20.8 Å². The van der Waals surface area contributed by atoms with Crippen LogP contribution in [0.15, 0.2) is 303 Å². The molecule has 0 radical (unpaired) electrons. The van der Waals surface area contributed by atoms with Gasteiger partial charge in [-0.2, -0.15) is 0 Å². The highest BCUT2D eigenvalue weighted by Crippen LogP contribution is 2.60. The zero-order chi connectivity index (χ0) is 82.9. The van der Waals surface area contributed by atoms with Crippen LogP contribution >= 0.6 is 0 Å². The van der Waals surface area contributed by atoms with Crippen LogP contribution in [0.1, 0.15) is 158 Å². The second-order valence-electron chi connectivity index (χ2n) is 40.6. The van der Waals surface area contributed by atoms with Crippen LogP contribution in [0.2, 0.25) is 0 Å². The Morgan fingerprint density at radius 2 is 0.500 bits per heavy atom. The van der Waals surface area contributed by atoms with E-state index in [1.807, 2.05) is 0 Å². The Morgan fingerprint density at radius 1 is 0.225 bits per heavy atom. The molecule has 588 valence electrons. The number of rotatable bonds is 8. The number of fused-ring (bicyclic) bond motifs is 18. The summed E-state index contributed by atoms with van der Waals surface area (Å²) in [4.78, 5) is 5.67. The Kier molecular flexibility index (Phi) is 16.5. The van der Waals surface area contributed by atoms with Crippen LogP contribution in [0.25, 0.3) is 138 Å². The summed E-state index contributed by atoms with van der Waals surface area (Å²) in [6.07, 6.45) is 0. The molecule has 15 aromatic carbocycles. The van der Waals surface area contributed by atoms with Crippen molar-refractivity contribution in [3.8, 4) is 55.9 Å². The van der Waals surface area contributed by atoms with Crippen molar-refractivity contribution < 1.29 is 0 Å². The molecule has 2 aliphatic heterocycles. The maximum atomic E-state index is 2.83. The Hall–Kier alpha value is -12.6. The number of benzene rings is 15. The van der Waals surface area contributed by atoms with Crippen LogP contribution in [0.3, 0.4) is 0 Å². The number of nitrogens with zero attached hydrogens (tertiary/aromatic N) is 5. The van der Waals surface area contributed by atoms with E-state index < -0.39 is 0 Å². The molecule has 0 saturated heterocycles. The summed E-state index contributed by atoms with van der Waals surface area (Å²) in [5.74, 6) is 0. The zero-order valence-corrected chi connectivity index (χ0v) is 72.7. The zero-order valence-electron chi connectivity index (χ0n) is 72.7. The summed E-state index contributed by atoms with van der Waals surface area (Å²) >= 11 is 0. The van der Waals surface area contributed by atoms with Gasteiger partial charge in [-0.05, 0) is 214 Å². The average molecular weight is 1550 g/mol. The van der Waals surface area contributed by atoms with Crippen LogP contribution in [0.4, 0.5) is 34.1 Å². The Morgan fingerprint density at radius 3 is 0.783 bits per heavy atom. The summed E-state index contributed by atoms with van der Waals surface area (Å²) in [6.45, 7) is 42.1. The summed E-state index contributed by atoms with van der Waals surface area (Å²) in [5.41, 5.74) is 37.2. The summed E-state index contributed by atoms with van der Waals surface area (Å²) < 4.78 is 7.84. The minimum Gasteiger partial charge on any atom is -0.309 e. The monoisotopic (exact) mass is 1550 g/mol. The molecule has 5 nitrogen and oxygen atoms in total. The van der Waals surface area contributed by atoms with Gasteiger partial charge in [0, 0.05) is 88.1 Å². The molecule has 0 bridgehead atoms. The fraction of sp³-hybridized carbons (Fsp3) is 0.211. The first-order valence-corrected chi connectivity index (χ1v) is 43.3. The van der Waals surface area contributed by atoms with Crippen molar-refractivity contribution in [2.24, 2.45) is 0 Å². The van der Waals surface area contributed by atoms with Gasteiger partial charge >= 0.3 is 0 Å². The molecule has 0 aliphatic carbocycles. The van der Waals surface area contributed by atoms with E-state index in [1.54, 1.807) is 0 Å². The van der Waals surface area contributed by atoms with Gasteiger partial charge < -0.3 is 23.3 Å². The highest BCUT2D eigenvalue weighted by atomic mass is 15.2. The molecule has 21 rings (SSSR count). The molecule has 0 N–H and O–H groups in total. The highest BCUT2D eigenvalue weighted by molar-refractivity contribution is 7.01. The molecule has 0 fully saturated rings. The van der Waals surface area contributed by atoms with E-state index in [2.05, 4.69) is 451 Å². The van der Waals surface area contributed by atoms with Gasteiger partial charge in [-0.25, -0.2) is 0 Å². The summed E-state index contributed by atoms with van der Waals surface area (Å²) in [5, 5.41) is 9.89. The van der Waals surface area contributed by atoms with Gasteiger partial charge in [0.2, 0.25) is 0 Å². The predicted octanol–water partition coefficient (Wildman–Crippen LogP) is 29.6. The average Bonchev–Trinajstić information content (AvgIpc) is 1.42. The van der Waals surface area contributed by atoms with Crippen LogP contribution in [0, 0.1) is 0 Å². The normalized spacial score (nSPS) is 13.5. The summed E-state index contributed by atoms with van der Waals surface area (Å²) in [7, 11) is 0. The molecule has 0 spiro atoms. The van der Waals surface area contributed by atoms with Gasteiger partial charge in [-0.3, -0.25) is 0 Å². The first-order chi connectivity index (χ1) is 57.4. The molecule has 6 heterocycles. The third-order valence-electron chi connectivity index (χ3n) is 26.6. The second kappa shape index (κ2) is 26.4. The molecule has 2 aliphatic rings. The third kappa shape index (κ3) is 11.5. The van der Waals surface area contributed by atoms with Crippen molar-refractivity contribution in [3.63, 3.8) is 0 Å². The molecule has 4 aromatic heterocycles. The molecular formula is C114H104BN5. The minimum atomic E-state index is -0.349. The molecule has 0 unspecified atom stereocenters. The maximum Gasteiger partial charge on any atom is 0.252 e. The van der Waals surface area contributed by atoms with Crippen molar-refractivity contribution in [2.75, 3.05) is 9.80 Å².